The minimum absolute atomic E-state index is 0.0455. The summed E-state index contributed by atoms with van der Waals surface area (Å²) in [5.41, 5.74) is 1.14. The summed E-state index contributed by atoms with van der Waals surface area (Å²) in [6.45, 7) is 0.782. The van der Waals surface area contributed by atoms with Crippen molar-refractivity contribution >= 4 is 26.5 Å². The average molecular weight is 426 g/mol. The molecule has 0 spiro atoms. The van der Waals surface area contributed by atoms with Crippen LogP contribution in [0.5, 0.6) is 5.75 Å². The Morgan fingerprint density at radius 3 is 2.50 bits per heavy atom. The third-order valence-electron chi connectivity index (χ3n) is 6.24. The molecule has 0 amide bonds. The van der Waals surface area contributed by atoms with Crippen LogP contribution in [-0.2, 0) is 16.6 Å². The maximum atomic E-state index is 13.8. The summed E-state index contributed by atoms with van der Waals surface area (Å²) >= 11 is 0. The summed E-state index contributed by atoms with van der Waals surface area (Å²) in [6, 6.07) is 13.7. The smallest absolute Gasteiger partial charge is 0.292 e. The summed E-state index contributed by atoms with van der Waals surface area (Å²) in [7, 11) is 0.0776. The SMILES string of the molecule is CN(C)c1cccc2c(S(=O)(=O)N3CC4CC3c3ccc(O)c(=O)n3C4)cccc12. The standard InChI is InChI=1S/C22H23N3O4S/c1-23(2)17-7-3-6-16-15(17)5-4-8-21(16)30(28,29)25-13-14-11-19(25)18-9-10-20(26)22(27)24(18)12-14/h3-10,14,19,26H,11-13H2,1-2H3. The molecule has 8 heteroatoms. The van der Waals surface area contributed by atoms with Gasteiger partial charge in [-0.1, -0.05) is 24.3 Å². The zero-order valence-corrected chi connectivity index (χ0v) is 17.6. The summed E-state index contributed by atoms with van der Waals surface area (Å²) in [4.78, 5) is 14.6. The van der Waals surface area contributed by atoms with Crippen molar-refractivity contribution < 1.29 is 13.5 Å². The molecule has 0 aliphatic carbocycles. The fourth-order valence-corrected chi connectivity index (χ4v) is 6.78. The van der Waals surface area contributed by atoms with Gasteiger partial charge in [0.1, 0.15) is 0 Å². The largest absolute Gasteiger partial charge is 0.503 e. The van der Waals surface area contributed by atoms with E-state index in [1.54, 1.807) is 18.2 Å². The highest BCUT2D eigenvalue weighted by Crippen LogP contribution is 2.44. The van der Waals surface area contributed by atoms with E-state index >= 15 is 0 Å². The Hall–Kier alpha value is -2.84. The molecular formula is C22H23N3O4S. The monoisotopic (exact) mass is 425 g/mol. The van der Waals surface area contributed by atoms with E-state index < -0.39 is 21.6 Å². The van der Waals surface area contributed by atoms with Gasteiger partial charge in [-0.3, -0.25) is 4.79 Å². The lowest BCUT2D eigenvalue weighted by atomic mass is 9.98. The molecule has 1 N–H and O–H groups in total. The second-order valence-corrected chi connectivity index (χ2v) is 10.1. The second-order valence-electron chi connectivity index (χ2n) is 8.27. The minimum atomic E-state index is -3.79. The van der Waals surface area contributed by atoms with Crippen molar-refractivity contribution in [1.29, 1.82) is 0 Å². The first kappa shape index (κ1) is 19.1. The second kappa shape index (κ2) is 6.58. The quantitative estimate of drug-likeness (QED) is 0.697. The van der Waals surface area contributed by atoms with Gasteiger partial charge in [-0.05, 0) is 36.6 Å². The lowest BCUT2D eigenvalue weighted by molar-refractivity contribution is 0.364. The number of hydrogen-bond acceptors (Lipinski definition) is 5. The van der Waals surface area contributed by atoms with Crippen LogP contribution in [0, 0.1) is 5.92 Å². The van der Waals surface area contributed by atoms with Gasteiger partial charge in [-0.15, -0.1) is 0 Å². The van der Waals surface area contributed by atoms with Gasteiger partial charge in [0.25, 0.3) is 5.56 Å². The number of aromatic nitrogens is 1. The number of nitrogens with zero attached hydrogens (tertiary/aromatic N) is 3. The van der Waals surface area contributed by atoms with Crippen molar-refractivity contribution in [1.82, 2.24) is 8.87 Å². The van der Waals surface area contributed by atoms with Crippen molar-refractivity contribution in [2.75, 3.05) is 25.5 Å². The Labute approximate surface area is 174 Å². The molecule has 1 aromatic heterocycles. The molecule has 2 atom stereocenters. The van der Waals surface area contributed by atoms with Crippen LogP contribution in [0.3, 0.4) is 0 Å². The third-order valence-corrected chi connectivity index (χ3v) is 8.17. The molecular weight excluding hydrogens is 402 g/mol. The average Bonchev–Trinajstić information content (AvgIpc) is 3.08. The lowest BCUT2D eigenvalue weighted by Crippen LogP contribution is -2.33. The highest BCUT2D eigenvalue weighted by molar-refractivity contribution is 7.89. The molecule has 30 heavy (non-hydrogen) atoms. The Kier molecular flexibility index (Phi) is 4.20. The van der Waals surface area contributed by atoms with Crippen molar-refractivity contribution in [2.24, 2.45) is 5.92 Å². The maximum absolute atomic E-state index is 13.8. The first-order valence-electron chi connectivity index (χ1n) is 9.92. The van der Waals surface area contributed by atoms with Gasteiger partial charge in [0, 0.05) is 49.3 Å². The first-order chi connectivity index (χ1) is 14.3. The predicted molar refractivity (Wildman–Crippen MR) is 115 cm³/mol. The van der Waals surface area contributed by atoms with Gasteiger partial charge in [0.05, 0.1) is 10.9 Å². The van der Waals surface area contributed by atoms with Crippen LogP contribution in [0.25, 0.3) is 10.8 Å². The molecule has 3 aromatic rings. The van der Waals surface area contributed by atoms with E-state index in [4.69, 9.17) is 0 Å². The number of aromatic hydroxyl groups is 1. The van der Waals surface area contributed by atoms with Gasteiger partial charge < -0.3 is 14.6 Å². The number of pyridine rings is 1. The number of anilines is 1. The van der Waals surface area contributed by atoms with Crippen LogP contribution >= 0.6 is 0 Å². The third kappa shape index (κ3) is 2.67. The molecule has 2 aliphatic rings. The Balaban J connectivity index is 1.66. The van der Waals surface area contributed by atoms with Gasteiger partial charge >= 0.3 is 0 Å². The summed E-state index contributed by atoms with van der Waals surface area (Å²) in [5.74, 6) is -0.260. The van der Waals surface area contributed by atoms with E-state index in [1.807, 2.05) is 43.3 Å². The van der Waals surface area contributed by atoms with Crippen LogP contribution in [0.4, 0.5) is 5.69 Å². The van der Waals surface area contributed by atoms with Crippen LogP contribution in [-0.4, -0.2) is 43.0 Å². The molecule has 0 saturated carbocycles. The van der Waals surface area contributed by atoms with E-state index in [0.717, 1.165) is 11.1 Å². The molecule has 0 radical (unpaired) electrons. The Bertz CT molecular complexity index is 1330. The summed E-state index contributed by atoms with van der Waals surface area (Å²) < 4.78 is 30.7. The molecule has 2 unspecified atom stereocenters. The predicted octanol–water partition coefficient (Wildman–Crippen LogP) is 2.54. The highest BCUT2D eigenvalue weighted by atomic mass is 32.2. The molecule has 1 fully saturated rings. The van der Waals surface area contributed by atoms with E-state index in [1.165, 1.54) is 14.9 Å². The van der Waals surface area contributed by atoms with Crippen LogP contribution in [0.1, 0.15) is 18.2 Å². The molecule has 2 bridgehead atoms. The van der Waals surface area contributed by atoms with Gasteiger partial charge in [0.2, 0.25) is 10.0 Å². The van der Waals surface area contributed by atoms with Gasteiger partial charge in [-0.25, -0.2) is 8.42 Å². The molecule has 2 aromatic carbocycles. The van der Waals surface area contributed by atoms with Crippen molar-refractivity contribution in [3.8, 4) is 5.75 Å². The number of fused-ring (bicyclic) bond motifs is 5. The zero-order chi connectivity index (χ0) is 21.2. The van der Waals surface area contributed by atoms with Crippen molar-refractivity contribution in [3.63, 3.8) is 0 Å². The van der Waals surface area contributed by atoms with Crippen LogP contribution < -0.4 is 10.5 Å². The van der Waals surface area contributed by atoms with Crippen LogP contribution in [0.15, 0.2) is 58.2 Å². The maximum Gasteiger partial charge on any atom is 0.292 e. The van der Waals surface area contributed by atoms with Crippen molar-refractivity contribution in [3.05, 3.63) is 64.6 Å². The molecule has 156 valence electrons. The fourth-order valence-electron chi connectivity index (χ4n) is 4.88. The molecule has 7 nitrogen and oxygen atoms in total. The number of hydrogen-bond donors (Lipinski definition) is 1. The number of benzene rings is 2. The molecule has 3 heterocycles. The minimum Gasteiger partial charge on any atom is -0.503 e. The summed E-state index contributed by atoms with van der Waals surface area (Å²) in [6.07, 6.45) is 0.678. The molecule has 5 rings (SSSR count). The van der Waals surface area contributed by atoms with E-state index in [2.05, 4.69) is 0 Å². The van der Waals surface area contributed by atoms with E-state index in [-0.39, 0.29) is 16.6 Å². The number of sulfonamides is 1. The lowest BCUT2D eigenvalue weighted by Gasteiger charge is -2.28. The molecule has 2 aliphatic heterocycles. The zero-order valence-electron chi connectivity index (χ0n) is 16.8. The topological polar surface area (TPSA) is 82.9 Å². The Morgan fingerprint density at radius 1 is 1.00 bits per heavy atom. The number of rotatable bonds is 3. The first-order valence-corrected chi connectivity index (χ1v) is 11.4. The fraction of sp³-hybridized carbons (Fsp3) is 0.318. The Morgan fingerprint density at radius 2 is 1.73 bits per heavy atom. The van der Waals surface area contributed by atoms with Crippen LogP contribution in [0.2, 0.25) is 0 Å². The van der Waals surface area contributed by atoms with E-state index in [0.29, 0.717) is 30.6 Å². The van der Waals surface area contributed by atoms with E-state index in [9.17, 15) is 18.3 Å². The normalized spacial score (nSPS) is 21.0. The van der Waals surface area contributed by atoms with Gasteiger partial charge in [0.15, 0.2) is 5.75 Å². The highest BCUT2D eigenvalue weighted by Gasteiger charge is 2.45. The molecule has 1 saturated heterocycles. The van der Waals surface area contributed by atoms with Gasteiger partial charge in [-0.2, -0.15) is 4.31 Å². The summed E-state index contributed by atoms with van der Waals surface area (Å²) in [5, 5.41) is 11.4. The van der Waals surface area contributed by atoms with Crippen molar-refractivity contribution in [2.45, 2.75) is 23.9 Å².